The van der Waals surface area contributed by atoms with Gasteiger partial charge in [-0.2, -0.15) is 0 Å². The highest BCUT2D eigenvalue weighted by Crippen LogP contribution is 2.56. The molecular weight excluding hydrogens is 400 g/mol. The third kappa shape index (κ3) is 3.79. The van der Waals surface area contributed by atoms with Crippen molar-refractivity contribution in [2.45, 2.75) is 39.2 Å². The first-order valence-corrected chi connectivity index (χ1v) is 10.8. The second-order valence-electron chi connectivity index (χ2n) is 9.01. The van der Waals surface area contributed by atoms with Crippen molar-refractivity contribution in [3.05, 3.63) is 24.3 Å². The maximum absolute atomic E-state index is 13.1. The molecule has 8 heteroatoms. The van der Waals surface area contributed by atoms with Gasteiger partial charge >= 0.3 is 5.97 Å². The molecule has 1 aromatic rings. The van der Waals surface area contributed by atoms with Crippen LogP contribution in [0.5, 0.6) is 5.75 Å². The van der Waals surface area contributed by atoms with Crippen LogP contribution in [0.1, 0.15) is 33.1 Å². The number of nitrogens with one attached hydrogen (secondary N) is 1. The highest BCUT2D eigenvalue weighted by Gasteiger charge is 2.62. The van der Waals surface area contributed by atoms with E-state index in [4.69, 9.17) is 9.47 Å². The van der Waals surface area contributed by atoms with E-state index >= 15 is 0 Å². The van der Waals surface area contributed by atoms with Gasteiger partial charge in [0.15, 0.2) is 6.61 Å². The summed E-state index contributed by atoms with van der Waals surface area (Å²) in [7, 11) is 1.52. The van der Waals surface area contributed by atoms with Gasteiger partial charge in [0.05, 0.1) is 18.9 Å². The van der Waals surface area contributed by atoms with Crippen LogP contribution in [0.3, 0.4) is 0 Å². The minimum Gasteiger partial charge on any atom is -0.497 e. The number of benzene rings is 1. The lowest BCUT2D eigenvalue weighted by Crippen LogP contribution is -2.50. The molecule has 0 aromatic heterocycles. The Kier molecular flexibility index (Phi) is 5.73. The number of carbonyl (C=O) groups excluding carboxylic acids is 4. The quantitative estimate of drug-likeness (QED) is 0.528. The molecule has 1 aromatic carbocycles. The zero-order valence-electron chi connectivity index (χ0n) is 18.0. The molecule has 1 N–H and O–H groups in total. The summed E-state index contributed by atoms with van der Waals surface area (Å²) in [5, 5.41) is 2.64. The molecule has 0 spiro atoms. The minimum absolute atomic E-state index is 0.244. The Morgan fingerprint density at radius 2 is 1.77 bits per heavy atom. The number of hydrogen-bond donors (Lipinski definition) is 1. The summed E-state index contributed by atoms with van der Waals surface area (Å²) in [6.45, 7) is 3.03. The van der Waals surface area contributed by atoms with Crippen molar-refractivity contribution >= 4 is 29.4 Å². The second kappa shape index (κ2) is 8.32. The topological polar surface area (TPSA) is 102 Å². The zero-order valence-corrected chi connectivity index (χ0v) is 18.0. The number of ether oxygens (including phenoxy) is 2. The van der Waals surface area contributed by atoms with E-state index in [9.17, 15) is 19.2 Å². The van der Waals surface area contributed by atoms with Crippen molar-refractivity contribution < 1.29 is 28.7 Å². The van der Waals surface area contributed by atoms with Crippen molar-refractivity contribution in [1.29, 1.82) is 0 Å². The van der Waals surface area contributed by atoms with Gasteiger partial charge in [-0.1, -0.05) is 19.9 Å². The molecule has 0 radical (unpaired) electrons. The molecule has 1 heterocycles. The van der Waals surface area contributed by atoms with Crippen LogP contribution in [0, 0.1) is 29.6 Å². The molecule has 2 bridgehead atoms. The van der Waals surface area contributed by atoms with E-state index in [2.05, 4.69) is 5.32 Å². The number of rotatable bonds is 7. The number of amides is 3. The number of fused-ring (bicyclic) bond motifs is 5. The molecule has 4 rings (SSSR count). The summed E-state index contributed by atoms with van der Waals surface area (Å²) < 4.78 is 10.3. The van der Waals surface area contributed by atoms with Crippen LogP contribution >= 0.6 is 0 Å². The maximum atomic E-state index is 13.1. The molecule has 1 aliphatic heterocycles. The Morgan fingerprint density at radius 1 is 1.13 bits per heavy atom. The van der Waals surface area contributed by atoms with Crippen LogP contribution < -0.4 is 10.1 Å². The van der Waals surface area contributed by atoms with Gasteiger partial charge < -0.3 is 14.8 Å². The van der Waals surface area contributed by atoms with E-state index in [-0.39, 0.29) is 41.4 Å². The first-order valence-electron chi connectivity index (χ1n) is 10.8. The molecule has 8 nitrogen and oxygen atoms in total. The average molecular weight is 428 g/mol. The van der Waals surface area contributed by atoms with Gasteiger partial charge in [0, 0.05) is 11.8 Å². The third-order valence-corrected chi connectivity index (χ3v) is 6.81. The van der Waals surface area contributed by atoms with E-state index in [1.54, 1.807) is 38.1 Å². The maximum Gasteiger partial charge on any atom is 0.330 e. The first-order chi connectivity index (χ1) is 14.8. The largest absolute Gasteiger partial charge is 0.497 e. The lowest BCUT2D eigenvalue weighted by Gasteiger charge is -2.28. The van der Waals surface area contributed by atoms with Gasteiger partial charge in [-0.15, -0.1) is 0 Å². The smallest absolute Gasteiger partial charge is 0.330 e. The van der Waals surface area contributed by atoms with E-state index in [0.29, 0.717) is 11.4 Å². The summed E-state index contributed by atoms with van der Waals surface area (Å²) in [5.41, 5.74) is 0.508. The van der Waals surface area contributed by atoms with E-state index in [0.717, 1.165) is 24.2 Å². The third-order valence-electron chi connectivity index (χ3n) is 6.81. The van der Waals surface area contributed by atoms with E-state index < -0.39 is 24.5 Å². The fraction of sp³-hybridized carbons (Fsp3) is 0.565. The SMILES string of the molecule is COc1cccc(NC(=O)COC(=O)[C@H](C(C)C)N2C(=O)[C@@H]3[C@H]4CC[C@@H](C4)[C@@H]3C2=O)c1. The fourth-order valence-electron chi connectivity index (χ4n) is 5.50. The van der Waals surface area contributed by atoms with Gasteiger partial charge in [0.1, 0.15) is 11.8 Å². The number of carbonyl (C=O) groups is 4. The minimum atomic E-state index is -1.02. The van der Waals surface area contributed by atoms with Crippen LogP contribution in [0.2, 0.25) is 0 Å². The molecule has 0 unspecified atom stereocenters. The summed E-state index contributed by atoms with van der Waals surface area (Å²) in [5.74, 6) is -1.59. The molecule has 166 valence electrons. The number of methoxy groups -OCH3 is 1. The van der Waals surface area contributed by atoms with Crippen molar-refractivity contribution in [3.63, 3.8) is 0 Å². The van der Waals surface area contributed by atoms with Crippen molar-refractivity contribution in [2.24, 2.45) is 29.6 Å². The highest BCUT2D eigenvalue weighted by molar-refractivity contribution is 6.08. The van der Waals surface area contributed by atoms with Gasteiger partial charge in [0.2, 0.25) is 11.8 Å². The molecule has 3 amide bonds. The monoisotopic (exact) mass is 428 g/mol. The Hall–Kier alpha value is -2.90. The Labute approximate surface area is 181 Å². The normalized spacial score (nSPS) is 27.4. The molecular formula is C23H28N2O6. The Morgan fingerprint density at radius 3 is 2.35 bits per heavy atom. The van der Waals surface area contributed by atoms with Crippen molar-refractivity contribution in [3.8, 4) is 5.75 Å². The van der Waals surface area contributed by atoms with Gasteiger partial charge in [-0.3, -0.25) is 19.3 Å². The number of nitrogens with zero attached hydrogens (tertiary/aromatic N) is 1. The van der Waals surface area contributed by atoms with Crippen LogP contribution in [0.4, 0.5) is 5.69 Å². The van der Waals surface area contributed by atoms with E-state index in [1.807, 2.05) is 0 Å². The summed E-state index contributed by atoms with van der Waals surface area (Å²) >= 11 is 0. The second-order valence-corrected chi connectivity index (χ2v) is 9.01. The standard InChI is InChI=1S/C23H28N2O6/c1-12(2)20(25-21(27)18-13-7-8-14(9-13)19(18)22(25)28)23(29)31-11-17(26)24-15-5-4-6-16(10-15)30-3/h4-6,10,12-14,18-20H,7-9,11H2,1-3H3,(H,24,26)/t13-,14-,18-,19+,20-/m0/s1. The van der Waals surface area contributed by atoms with Gasteiger partial charge in [-0.05, 0) is 49.1 Å². The summed E-state index contributed by atoms with van der Waals surface area (Å²) in [6, 6.07) is 5.78. The summed E-state index contributed by atoms with van der Waals surface area (Å²) in [6.07, 6.45) is 2.88. The summed E-state index contributed by atoms with van der Waals surface area (Å²) in [4.78, 5) is 52.4. The lowest BCUT2D eigenvalue weighted by atomic mass is 9.81. The van der Waals surface area contributed by atoms with Crippen molar-refractivity contribution in [1.82, 2.24) is 4.90 Å². The first kappa shape index (κ1) is 21.3. The van der Waals surface area contributed by atoms with Gasteiger partial charge in [0.25, 0.3) is 5.91 Å². The molecule has 3 aliphatic rings. The molecule has 3 fully saturated rings. The van der Waals surface area contributed by atoms with Gasteiger partial charge in [-0.25, -0.2) is 4.79 Å². The van der Waals surface area contributed by atoms with Crippen LogP contribution in [0.15, 0.2) is 24.3 Å². The number of hydrogen-bond acceptors (Lipinski definition) is 6. The molecule has 2 aliphatic carbocycles. The zero-order chi connectivity index (χ0) is 22.3. The predicted molar refractivity (Wildman–Crippen MR) is 111 cm³/mol. The number of likely N-dealkylation sites (tertiary alicyclic amines) is 1. The Bertz CT molecular complexity index is 885. The predicted octanol–water partition coefficient (Wildman–Crippen LogP) is 2.23. The van der Waals surface area contributed by atoms with Crippen LogP contribution in [-0.2, 0) is 23.9 Å². The van der Waals surface area contributed by atoms with E-state index in [1.165, 1.54) is 7.11 Å². The number of esters is 1. The fourth-order valence-corrected chi connectivity index (χ4v) is 5.50. The van der Waals surface area contributed by atoms with Crippen LogP contribution in [0.25, 0.3) is 0 Å². The molecule has 31 heavy (non-hydrogen) atoms. The highest BCUT2D eigenvalue weighted by atomic mass is 16.5. The molecule has 2 saturated carbocycles. The number of anilines is 1. The lowest BCUT2D eigenvalue weighted by molar-refractivity contribution is -0.162. The molecule has 5 atom stereocenters. The Balaban J connectivity index is 1.40. The average Bonchev–Trinajstić information content (AvgIpc) is 3.42. The van der Waals surface area contributed by atoms with Crippen molar-refractivity contribution in [2.75, 3.05) is 19.0 Å². The number of imide groups is 1. The van der Waals surface area contributed by atoms with Crippen LogP contribution in [-0.4, -0.2) is 48.3 Å². The molecule has 1 saturated heterocycles.